The lowest BCUT2D eigenvalue weighted by molar-refractivity contribution is 0.0742. The number of nitrogens with two attached hydrogens (primary N) is 1. The van der Waals surface area contributed by atoms with Crippen molar-refractivity contribution >= 4 is 34.2 Å². The van der Waals surface area contributed by atoms with Crippen molar-refractivity contribution in [1.29, 1.82) is 0 Å². The van der Waals surface area contributed by atoms with Crippen LogP contribution in [0.15, 0.2) is 16.6 Å². The van der Waals surface area contributed by atoms with Crippen LogP contribution in [0.4, 0.5) is 0 Å². The Balaban J connectivity index is 0.00000242. The fourth-order valence-electron chi connectivity index (χ4n) is 2.75. The lowest BCUT2D eigenvalue weighted by atomic mass is 10.1. The van der Waals surface area contributed by atoms with Crippen LogP contribution in [0.2, 0.25) is 0 Å². The van der Waals surface area contributed by atoms with Crippen LogP contribution in [-0.4, -0.2) is 44.2 Å². The smallest absolute Gasteiger partial charge is 0.254 e. The minimum atomic E-state index is -0.0115. The molecule has 1 aromatic rings. The van der Waals surface area contributed by atoms with Crippen molar-refractivity contribution in [2.75, 3.05) is 27.3 Å². The van der Waals surface area contributed by atoms with E-state index in [1.807, 2.05) is 4.90 Å². The van der Waals surface area contributed by atoms with Crippen molar-refractivity contribution < 1.29 is 14.3 Å². The third-order valence-corrected chi connectivity index (χ3v) is 4.73. The molecule has 0 aromatic heterocycles. The maximum atomic E-state index is 12.7. The standard InChI is InChI=1S/C15H21BrN2O3.ClH/c1-9-4-10(7-17)8-18(9)15(19)11-5-12(20-2)14(16)13(6-11)21-3;/h5-6,9-10H,4,7-8,17H2,1-3H3;1H. The van der Waals surface area contributed by atoms with Gasteiger partial charge >= 0.3 is 0 Å². The number of rotatable bonds is 4. The number of halogens is 2. The van der Waals surface area contributed by atoms with E-state index in [1.54, 1.807) is 26.4 Å². The number of hydrogen-bond donors (Lipinski definition) is 1. The fourth-order valence-corrected chi connectivity index (χ4v) is 3.31. The van der Waals surface area contributed by atoms with Crippen molar-refractivity contribution in [2.24, 2.45) is 11.7 Å². The van der Waals surface area contributed by atoms with E-state index in [0.717, 1.165) is 6.42 Å². The average molecular weight is 394 g/mol. The summed E-state index contributed by atoms with van der Waals surface area (Å²) in [5.74, 6) is 1.53. The van der Waals surface area contributed by atoms with Crippen LogP contribution in [0.1, 0.15) is 23.7 Å². The fraction of sp³-hybridized carbons (Fsp3) is 0.533. The van der Waals surface area contributed by atoms with Gasteiger partial charge in [-0.25, -0.2) is 0 Å². The summed E-state index contributed by atoms with van der Waals surface area (Å²) in [4.78, 5) is 14.6. The molecule has 2 atom stereocenters. The SMILES string of the molecule is COc1cc(C(=O)N2CC(CN)CC2C)cc(OC)c1Br.Cl. The molecule has 0 bridgehead atoms. The largest absolute Gasteiger partial charge is 0.495 e. The van der Waals surface area contributed by atoms with Crippen molar-refractivity contribution in [3.8, 4) is 11.5 Å². The normalized spacial score (nSPS) is 20.5. The number of nitrogens with zero attached hydrogens (tertiary/aromatic N) is 1. The Labute approximate surface area is 145 Å². The monoisotopic (exact) mass is 392 g/mol. The van der Waals surface area contributed by atoms with Gasteiger partial charge in [-0.3, -0.25) is 4.79 Å². The Bertz CT molecular complexity index is 517. The molecule has 7 heteroatoms. The number of methoxy groups -OCH3 is 2. The van der Waals surface area contributed by atoms with E-state index in [0.29, 0.717) is 40.5 Å². The number of hydrogen-bond acceptors (Lipinski definition) is 4. The van der Waals surface area contributed by atoms with Gasteiger partial charge < -0.3 is 20.1 Å². The number of benzene rings is 1. The zero-order chi connectivity index (χ0) is 15.6. The average Bonchev–Trinajstić information content (AvgIpc) is 2.87. The lowest BCUT2D eigenvalue weighted by Gasteiger charge is -2.22. The Kier molecular flexibility index (Phi) is 6.97. The number of ether oxygens (including phenoxy) is 2. The van der Waals surface area contributed by atoms with E-state index in [-0.39, 0.29) is 24.4 Å². The van der Waals surface area contributed by atoms with Crippen molar-refractivity contribution in [2.45, 2.75) is 19.4 Å². The summed E-state index contributed by atoms with van der Waals surface area (Å²) in [5.41, 5.74) is 6.29. The second-order valence-electron chi connectivity index (χ2n) is 5.34. The third-order valence-electron chi connectivity index (χ3n) is 3.95. The summed E-state index contributed by atoms with van der Waals surface area (Å²) in [5, 5.41) is 0. The number of carbonyl (C=O) groups excluding carboxylic acids is 1. The van der Waals surface area contributed by atoms with Crippen molar-refractivity contribution in [3.63, 3.8) is 0 Å². The first kappa shape index (κ1) is 19.1. The summed E-state index contributed by atoms with van der Waals surface area (Å²) in [7, 11) is 3.13. The molecule has 1 aliphatic heterocycles. The molecule has 22 heavy (non-hydrogen) atoms. The van der Waals surface area contributed by atoms with Crippen LogP contribution < -0.4 is 15.2 Å². The number of amides is 1. The van der Waals surface area contributed by atoms with E-state index < -0.39 is 0 Å². The maximum absolute atomic E-state index is 12.7. The first-order valence-electron chi connectivity index (χ1n) is 6.94. The molecule has 1 fully saturated rings. The maximum Gasteiger partial charge on any atom is 0.254 e. The van der Waals surface area contributed by atoms with Gasteiger partial charge in [0.1, 0.15) is 16.0 Å². The minimum Gasteiger partial charge on any atom is -0.495 e. The van der Waals surface area contributed by atoms with E-state index >= 15 is 0 Å². The highest BCUT2D eigenvalue weighted by atomic mass is 79.9. The highest BCUT2D eigenvalue weighted by molar-refractivity contribution is 9.10. The van der Waals surface area contributed by atoms with Gasteiger partial charge in [0.15, 0.2) is 0 Å². The highest BCUT2D eigenvalue weighted by Gasteiger charge is 2.32. The molecule has 124 valence electrons. The van der Waals surface area contributed by atoms with Crippen LogP contribution in [0.3, 0.4) is 0 Å². The van der Waals surface area contributed by atoms with Gasteiger partial charge in [-0.05, 0) is 53.9 Å². The van der Waals surface area contributed by atoms with Crippen molar-refractivity contribution in [3.05, 3.63) is 22.2 Å². The summed E-state index contributed by atoms with van der Waals surface area (Å²) < 4.78 is 11.3. The quantitative estimate of drug-likeness (QED) is 0.854. The molecule has 0 spiro atoms. The second kappa shape index (κ2) is 8.04. The van der Waals surface area contributed by atoms with E-state index in [9.17, 15) is 4.79 Å². The first-order chi connectivity index (χ1) is 10.0. The summed E-state index contributed by atoms with van der Waals surface area (Å²) in [6.45, 7) is 3.37. The lowest BCUT2D eigenvalue weighted by Crippen LogP contribution is -2.34. The third kappa shape index (κ3) is 3.67. The molecule has 1 heterocycles. The van der Waals surface area contributed by atoms with Crippen LogP contribution in [0, 0.1) is 5.92 Å². The van der Waals surface area contributed by atoms with Gasteiger partial charge in [-0.2, -0.15) is 0 Å². The molecule has 1 aromatic carbocycles. The molecule has 1 saturated heterocycles. The molecule has 2 N–H and O–H groups in total. The minimum absolute atomic E-state index is 0. The molecule has 5 nitrogen and oxygen atoms in total. The molecule has 1 aliphatic rings. The Morgan fingerprint density at radius 3 is 2.32 bits per heavy atom. The van der Waals surface area contributed by atoms with Gasteiger partial charge in [0.2, 0.25) is 0 Å². The molecule has 0 aliphatic carbocycles. The van der Waals surface area contributed by atoms with Crippen LogP contribution >= 0.6 is 28.3 Å². The van der Waals surface area contributed by atoms with E-state index in [2.05, 4.69) is 22.9 Å². The molecular weight excluding hydrogens is 372 g/mol. The predicted octanol–water partition coefficient (Wildman–Crippen LogP) is 2.70. The van der Waals surface area contributed by atoms with Gasteiger partial charge in [0.25, 0.3) is 5.91 Å². The predicted molar refractivity (Wildman–Crippen MR) is 92.2 cm³/mol. The van der Waals surface area contributed by atoms with E-state index in [4.69, 9.17) is 15.2 Å². The zero-order valence-corrected chi connectivity index (χ0v) is 15.4. The van der Waals surface area contributed by atoms with Crippen LogP contribution in [0.25, 0.3) is 0 Å². The summed E-state index contributed by atoms with van der Waals surface area (Å²) >= 11 is 3.41. The summed E-state index contributed by atoms with van der Waals surface area (Å²) in [6, 6.07) is 3.67. The van der Waals surface area contributed by atoms with Gasteiger partial charge in [-0.1, -0.05) is 0 Å². The van der Waals surface area contributed by atoms with E-state index in [1.165, 1.54) is 0 Å². The molecule has 0 saturated carbocycles. The van der Waals surface area contributed by atoms with Gasteiger partial charge in [-0.15, -0.1) is 12.4 Å². The second-order valence-corrected chi connectivity index (χ2v) is 6.13. The molecular formula is C15H22BrClN2O3. The molecule has 2 unspecified atom stereocenters. The van der Waals surface area contributed by atoms with Crippen molar-refractivity contribution in [1.82, 2.24) is 4.90 Å². The summed E-state index contributed by atoms with van der Waals surface area (Å²) in [6.07, 6.45) is 0.951. The van der Waals surface area contributed by atoms with Crippen LogP contribution in [-0.2, 0) is 0 Å². The Hall–Kier alpha value is -0.980. The zero-order valence-electron chi connectivity index (χ0n) is 13.0. The van der Waals surface area contributed by atoms with Gasteiger partial charge in [0, 0.05) is 18.2 Å². The number of likely N-dealkylation sites (tertiary alicyclic amines) is 1. The molecule has 2 rings (SSSR count). The topological polar surface area (TPSA) is 64.8 Å². The number of carbonyl (C=O) groups is 1. The van der Waals surface area contributed by atoms with Gasteiger partial charge in [0.05, 0.1) is 14.2 Å². The van der Waals surface area contributed by atoms with Crippen LogP contribution in [0.5, 0.6) is 11.5 Å². The Morgan fingerprint density at radius 2 is 1.91 bits per heavy atom. The molecule has 0 radical (unpaired) electrons. The molecule has 1 amide bonds. The Morgan fingerprint density at radius 1 is 1.36 bits per heavy atom. The first-order valence-corrected chi connectivity index (χ1v) is 7.73. The highest BCUT2D eigenvalue weighted by Crippen LogP contribution is 2.36.